The highest BCUT2D eigenvalue weighted by Crippen LogP contribution is 2.14. The van der Waals surface area contributed by atoms with Gasteiger partial charge in [0.2, 0.25) is 0 Å². The lowest BCUT2D eigenvalue weighted by atomic mass is 9.97. The molecule has 1 heteroatoms. The molecular weight excluding hydrogens is 194 g/mol. The Morgan fingerprint density at radius 1 is 1.38 bits per heavy atom. The van der Waals surface area contributed by atoms with Crippen LogP contribution in [0.2, 0.25) is 0 Å². The van der Waals surface area contributed by atoms with Gasteiger partial charge in [0.15, 0.2) is 0 Å². The van der Waals surface area contributed by atoms with Crippen LogP contribution in [0.3, 0.4) is 0 Å². The zero-order valence-electron chi connectivity index (χ0n) is 9.91. The number of hydrogen-bond acceptors (Lipinski definition) is 1. The van der Waals surface area contributed by atoms with Crippen molar-refractivity contribution in [3.8, 4) is 0 Å². The topological polar surface area (TPSA) is 12.0 Å². The van der Waals surface area contributed by atoms with E-state index in [2.05, 4.69) is 36.2 Å². The molecule has 0 saturated carbocycles. The molecule has 0 aromatic heterocycles. The van der Waals surface area contributed by atoms with Gasteiger partial charge >= 0.3 is 0 Å². The van der Waals surface area contributed by atoms with Crippen LogP contribution >= 0.6 is 0 Å². The smallest absolute Gasteiger partial charge is 0.00702 e. The molecule has 1 aliphatic rings. The van der Waals surface area contributed by atoms with Crippen molar-refractivity contribution in [2.45, 2.75) is 38.1 Å². The van der Waals surface area contributed by atoms with E-state index in [9.17, 15) is 0 Å². The predicted molar refractivity (Wildman–Crippen MR) is 70.5 cm³/mol. The van der Waals surface area contributed by atoms with Crippen molar-refractivity contribution in [3.63, 3.8) is 0 Å². The third-order valence-electron chi connectivity index (χ3n) is 3.38. The summed E-state index contributed by atoms with van der Waals surface area (Å²) in [6.45, 7) is 5.02. The summed E-state index contributed by atoms with van der Waals surface area (Å²) in [4.78, 5) is 0. The molecule has 1 aromatic rings. The number of benzene rings is 1. The summed E-state index contributed by atoms with van der Waals surface area (Å²) in [6.07, 6.45) is 8.45. The van der Waals surface area contributed by atoms with E-state index in [1.54, 1.807) is 0 Å². The highest BCUT2D eigenvalue weighted by atomic mass is 14.9. The van der Waals surface area contributed by atoms with Gasteiger partial charge < -0.3 is 5.32 Å². The molecule has 1 nitrogen and oxygen atoms in total. The second-order valence-corrected chi connectivity index (χ2v) is 4.63. The lowest BCUT2D eigenvalue weighted by molar-refractivity contribution is 0.383. The van der Waals surface area contributed by atoms with Gasteiger partial charge in [-0.05, 0) is 43.4 Å². The molecule has 0 spiro atoms. The molecule has 86 valence electrons. The fraction of sp³-hybridized carbons (Fsp3) is 0.467. The van der Waals surface area contributed by atoms with Gasteiger partial charge in [-0.1, -0.05) is 43.3 Å². The predicted octanol–water partition coefficient (Wildman–Crippen LogP) is 3.40. The first kappa shape index (κ1) is 11.4. The van der Waals surface area contributed by atoms with E-state index in [1.165, 1.54) is 49.8 Å². The van der Waals surface area contributed by atoms with Crippen LogP contribution in [0, 0.1) is 0 Å². The average molecular weight is 215 g/mol. The number of aryl methyl sites for hydroxylation is 1. The van der Waals surface area contributed by atoms with Crippen molar-refractivity contribution in [2.24, 2.45) is 0 Å². The molecule has 1 fully saturated rings. The molecule has 1 aromatic carbocycles. The van der Waals surface area contributed by atoms with E-state index in [0.717, 1.165) is 6.04 Å². The average Bonchev–Trinajstić information content (AvgIpc) is 2.38. The Hall–Kier alpha value is -1.08. The molecule has 0 radical (unpaired) electrons. The van der Waals surface area contributed by atoms with Crippen molar-refractivity contribution in [2.75, 3.05) is 6.54 Å². The van der Waals surface area contributed by atoms with Crippen molar-refractivity contribution in [1.82, 2.24) is 5.32 Å². The second-order valence-electron chi connectivity index (χ2n) is 4.63. The highest BCUT2D eigenvalue weighted by Gasteiger charge is 2.11. The van der Waals surface area contributed by atoms with Gasteiger partial charge in [0, 0.05) is 6.04 Å². The van der Waals surface area contributed by atoms with Crippen LogP contribution in [0.25, 0.3) is 6.08 Å². The maximum Gasteiger partial charge on any atom is 0.00702 e. The van der Waals surface area contributed by atoms with Gasteiger partial charge in [0.05, 0.1) is 0 Å². The molecule has 1 saturated heterocycles. The first-order chi connectivity index (χ1) is 7.88. The summed E-state index contributed by atoms with van der Waals surface area (Å²) in [5, 5.41) is 3.60. The summed E-state index contributed by atoms with van der Waals surface area (Å²) in [7, 11) is 0. The Balaban J connectivity index is 1.85. The highest BCUT2D eigenvalue weighted by molar-refractivity contribution is 5.47. The Kier molecular flexibility index (Phi) is 4.17. The lowest BCUT2D eigenvalue weighted by Crippen LogP contribution is -2.34. The summed E-state index contributed by atoms with van der Waals surface area (Å²) < 4.78 is 0. The Morgan fingerprint density at radius 2 is 2.31 bits per heavy atom. The molecule has 1 heterocycles. The SMILES string of the molecule is C=Cc1cccc(CCC2CCCCN2)c1. The summed E-state index contributed by atoms with van der Waals surface area (Å²) >= 11 is 0. The van der Waals surface area contributed by atoms with E-state index < -0.39 is 0 Å². The molecule has 2 rings (SSSR count). The van der Waals surface area contributed by atoms with Crippen LogP contribution in [0.15, 0.2) is 30.8 Å². The normalized spacial score (nSPS) is 20.6. The van der Waals surface area contributed by atoms with E-state index >= 15 is 0 Å². The quantitative estimate of drug-likeness (QED) is 0.811. The van der Waals surface area contributed by atoms with Crippen molar-refractivity contribution < 1.29 is 0 Å². The van der Waals surface area contributed by atoms with E-state index in [1.807, 2.05) is 6.08 Å². The number of piperidine rings is 1. The molecule has 0 amide bonds. The van der Waals surface area contributed by atoms with Crippen LogP contribution in [-0.2, 0) is 6.42 Å². The Labute approximate surface area is 98.6 Å². The van der Waals surface area contributed by atoms with E-state index in [0.29, 0.717) is 0 Å². The van der Waals surface area contributed by atoms with Crippen molar-refractivity contribution in [3.05, 3.63) is 42.0 Å². The Morgan fingerprint density at radius 3 is 3.06 bits per heavy atom. The van der Waals surface area contributed by atoms with Crippen LogP contribution in [0.5, 0.6) is 0 Å². The summed E-state index contributed by atoms with van der Waals surface area (Å²) in [5.41, 5.74) is 2.67. The summed E-state index contributed by atoms with van der Waals surface area (Å²) in [5.74, 6) is 0. The minimum absolute atomic E-state index is 0.737. The second kappa shape index (κ2) is 5.86. The molecular formula is C15H21N. The van der Waals surface area contributed by atoms with Crippen LogP contribution in [-0.4, -0.2) is 12.6 Å². The minimum atomic E-state index is 0.737. The van der Waals surface area contributed by atoms with Crippen LogP contribution in [0.4, 0.5) is 0 Å². The fourth-order valence-electron chi connectivity index (χ4n) is 2.39. The van der Waals surface area contributed by atoms with Crippen LogP contribution < -0.4 is 5.32 Å². The van der Waals surface area contributed by atoms with Gasteiger partial charge in [-0.3, -0.25) is 0 Å². The van der Waals surface area contributed by atoms with Crippen molar-refractivity contribution >= 4 is 6.08 Å². The zero-order chi connectivity index (χ0) is 11.2. The van der Waals surface area contributed by atoms with Crippen molar-refractivity contribution in [1.29, 1.82) is 0 Å². The molecule has 16 heavy (non-hydrogen) atoms. The summed E-state index contributed by atoms with van der Waals surface area (Å²) in [6, 6.07) is 9.43. The van der Waals surface area contributed by atoms with Gasteiger partial charge in [-0.15, -0.1) is 0 Å². The van der Waals surface area contributed by atoms with Crippen LogP contribution in [0.1, 0.15) is 36.8 Å². The first-order valence-corrected chi connectivity index (χ1v) is 6.33. The van der Waals surface area contributed by atoms with Gasteiger partial charge in [0.1, 0.15) is 0 Å². The standard InChI is InChI=1S/C15H21N/c1-2-13-6-5-7-14(12-13)9-10-15-8-3-4-11-16-15/h2,5-7,12,15-16H,1,3-4,8-11H2. The molecule has 0 bridgehead atoms. The molecule has 1 unspecified atom stereocenters. The van der Waals surface area contributed by atoms with Gasteiger partial charge in [-0.2, -0.15) is 0 Å². The lowest BCUT2D eigenvalue weighted by Gasteiger charge is -2.23. The Bertz CT molecular complexity index is 337. The molecule has 1 N–H and O–H groups in total. The largest absolute Gasteiger partial charge is 0.314 e. The minimum Gasteiger partial charge on any atom is -0.314 e. The number of hydrogen-bond donors (Lipinski definition) is 1. The molecule has 1 atom stereocenters. The van der Waals surface area contributed by atoms with Gasteiger partial charge in [-0.25, -0.2) is 0 Å². The van der Waals surface area contributed by atoms with Gasteiger partial charge in [0.25, 0.3) is 0 Å². The third-order valence-corrected chi connectivity index (χ3v) is 3.38. The fourth-order valence-corrected chi connectivity index (χ4v) is 2.39. The van der Waals surface area contributed by atoms with E-state index in [4.69, 9.17) is 0 Å². The number of nitrogens with one attached hydrogen (secondary N) is 1. The molecule has 1 aliphatic heterocycles. The number of rotatable bonds is 4. The monoisotopic (exact) mass is 215 g/mol. The van der Waals surface area contributed by atoms with E-state index in [-0.39, 0.29) is 0 Å². The maximum atomic E-state index is 3.81. The third kappa shape index (κ3) is 3.21. The molecule has 0 aliphatic carbocycles. The zero-order valence-corrected chi connectivity index (χ0v) is 9.91. The first-order valence-electron chi connectivity index (χ1n) is 6.33. The maximum absolute atomic E-state index is 3.81.